The molecular formula is C24H32Na2O7S2. The number of benzene rings is 2. The number of aryl methyl sites for hydroxylation is 1. The second-order valence-corrected chi connectivity index (χ2v) is 10.9. The summed E-state index contributed by atoms with van der Waals surface area (Å²) in [4.78, 5) is -0.808. The molecule has 0 saturated heterocycles. The first kappa shape index (κ1) is 35.1. The van der Waals surface area contributed by atoms with E-state index in [1.54, 1.807) is 6.07 Å². The number of hydrogen-bond donors (Lipinski definition) is 0. The van der Waals surface area contributed by atoms with Gasteiger partial charge in [-0.05, 0) is 48.7 Å². The summed E-state index contributed by atoms with van der Waals surface area (Å²) in [5.41, 5.74) is 0.438. The molecule has 11 heteroatoms. The molecule has 184 valence electrons. The van der Waals surface area contributed by atoms with Gasteiger partial charge in [0.15, 0.2) is 0 Å². The van der Waals surface area contributed by atoms with Crippen LogP contribution in [0.15, 0.2) is 52.3 Å². The molecule has 0 bridgehead atoms. The van der Waals surface area contributed by atoms with Gasteiger partial charge in [-0.3, -0.25) is 0 Å². The maximum Gasteiger partial charge on any atom is 1.00 e. The second-order valence-electron chi connectivity index (χ2n) is 8.19. The van der Waals surface area contributed by atoms with Crippen LogP contribution in [0, 0.1) is 0 Å². The normalized spacial score (nSPS) is 11.4. The smallest absolute Gasteiger partial charge is 0.744 e. The van der Waals surface area contributed by atoms with Gasteiger partial charge in [0, 0.05) is 0 Å². The quantitative estimate of drug-likeness (QED) is 0.173. The van der Waals surface area contributed by atoms with Crippen molar-refractivity contribution in [3.8, 4) is 11.5 Å². The number of rotatable bonds is 15. The minimum atomic E-state index is -4.72. The molecule has 0 fully saturated rings. The predicted molar refractivity (Wildman–Crippen MR) is 124 cm³/mol. The summed E-state index contributed by atoms with van der Waals surface area (Å²) < 4.78 is 74.4. The first-order valence-corrected chi connectivity index (χ1v) is 14.3. The standard InChI is InChI=1S/C24H34O7S2.2Na/c1-2-3-4-5-6-7-8-9-10-11-13-20-16-17-22(19-24(20)33(28,29)30)31-21-14-12-15-23(18-21)32(25,26)27;;/h12,14-19H,2-11,13H2,1H3,(H,25,26,27)(H,28,29,30);;/q;2*+1/p-2. The Morgan fingerprint density at radius 1 is 0.686 bits per heavy atom. The largest absolute Gasteiger partial charge is 1.00 e. The van der Waals surface area contributed by atoms with Crippen LogP contribution >= 0.6 is 0 Å². The molecule has 0 heterocycles. The molecule has 0 unspecified atom stereocenters. The fourth-order valence-corrected chi connectivity index (χ4v) is 4.93. The minimum absolute atomic E-state index is 0. The van der Waals surface area contributed by atoms with Gasteiger partial charge in [0.1, 0.15) is 31.7 Å². The average molecular weight is 543 g/mol. The predicted octanol–water partition coefficient (Wildman–Crippen LogP) is -0.241. The third-order valence-corrected chi connectivity index (χ3v) is 7.19. The van der Waals surface area contributed by atoms with E-state index >= 15 is 0 Å². The molecule has 35 heavy (non-hydrogen) atoms. The van der Waals surface area contributed by atoms with E-state index in [9.17, 15) is 25.9 Å². The molecule has 0 radical (unpaired) electrons. The molecule has 0 aliphatic rings. The van der Waals surface area contributed by atoms with Crippen molar-refractivity contribution < 1.29 is 89.8 Å². The second kappa shape index (κ2) is 17.5. The van der Waals surface area contributed by atoms with E-state index in [2.05, 4.69) is 6.92 Å². The van der Waals surface area contributed by atoms with E-state index in [0.717, 1.165) is 43.9 Å². The van der Waals surface area contributed by atoms with Gasteiger partial charge in [0.25, 0.3) is 0 Å². The summed E-state index contributed by atoms with van der Waals surface area (Å²) >= 11 is 0. The molecule has 0 aromatic heterocycles. The van der Waals surface area contributed by atoms with Crippen LogP contribution in [-0.4, -0.2) is 25.9 Å². The van der Waals surface area contributed by atoms with Crippen LogP contribution in [0.1, 0.15) is 76.7 Å². The molecular weight excluding hydrogens is 510 g/mol. The van der Waals surface area contributed by atoms with Gasteiger partial charge in [-0.25, -0.2) is 16.8 Å². The van der Waals surface area contributed by atoms with Gasteiger partial charge >= 0.3 is 59.1 Å². The zero-order valence-electron chi connectivity index (χ0n) is 21.0. The van der Waals surface area contributed by atoms with Crippen molar-refractivity contribution in [1.29, 1.82) is 0 Å². The molecule has 0 aliphatic carbocycles. The Hall–Kier alpha value is 0.0600. The van der Waals surface area contributed by atoms with E-state index in [1.807, 2.05) is 0 Å². The molecule has 0 spiro atoms. The molecule has 0 atom stereocenters. The number of ether oxygens (including phenoxy) is 1. The third-order valence-electron chi connectivity index (χ3n) is 5.44. The first-order valence-electron chi connectivity index (χ1n) is 11.4. The van der Waals surface area contributed by atoms with Crippen LogP contribution in [-0.2, 0) is 26.7 Å². The van der Waals surface area contributed by atoms with Gasteiger partial charge in [-0.2, -0.15) is 0 Å². The maximum absolute atomic E-state index is 11.8. The summed E-state index contributed by atoms with van der Waals surface area (Å²) in [7, 11) is -9.37. The Kier molecular flexibility index (Phi) is 17.6. The Morgan fingerprint density at radius 3 is 1.77 bits per heavy atom. The summed E-state index contributed by atoms with van der Waals surface area (Å²) in [5.74, 6) is 0.111. The average Bonchev–Trinajstić information content (AvgIpc) is 2.75. The van der Waals surface area contributed by atoms with Crippen LogP contribution in [0.2, 0.25) is 0 Å². The van der Waals surface area contributed by atoms with Crippen molar-refractivity contribution in [2.45, 2.75) is 87.3 Å². The maximum atomic E-state index is 11.8. The van der Waals surface area contributed by atoms with Gasteiger partial charge in [-0.1, -0.05) is 76.8 Å². The molecule has 0 N–H and O–H groups in total. The number of unbranched alkanes of at least 4 members (excludes halogenated alkanes) is 9. The fourth-order valence-electron chi connectivity index (χ4n) is 3.67. The zero-order valence-corrected chi connectivity index (χ0v) is 26.6. The van der Waals surface area contributed by atoms with Crippen LogP contribution < -0.4 is 63.9 Å². The minimum Gasteiger partial charge on any atom is -0.744 e. The van der Waals surface area contributed by atoms with E-state index in [4.69, 9.17) is 4.74 Å². The van der Waals surface area contributed by atoms with Crippen LogP contribution in [0.5, 0.6) is 11.5 Å². The molecule has 0 aliphatic heterocycles. The van der Waals surface area contributed by atoms with Crippen molar-refractivity contribution in [2.75, 3.05) is 0 Å². The fraction of sp³-hybridized carbons (Fsp3) is 0.500. The molecule has 2 aromatic carbocycles. The van der Waals surface area contributed by atoms with E-state index in [1.165, 1.54) is 56.7 Å². The SMILES string of the molecule is CCCCCCCCCCCCc1ccc(Oc2cccc(S(=O)(=O)[O-])c2)cc1S(=O)(=O)[O-].[Na+].[Na+]. The molecule has 2 aromatic rings. The van der Waals surface area contributed by atoms with Crippen molar-refractivity contribution >= 4 is 20.2 Å². The Morgan fingerprint density at radius 2 is 1.23 bits per heavy atom. The molecule has 0 saturated carbocycles. The Balaban J connectivity index is 0.00000578. The van der Waals surface area contributed by atoms with Gasteiger partial charge in [0.2, 0.25) is 0 Å². The Labute approximate surface area is 254 Å². The number of hydrogen-bond acceptors (Lipinski definition) is 7. The molecule has 0 amide bonds. The van der Waals surface area contributed by atoms with Crippen molar-refractivity contribution in [3.05, 3.63) is 48.0 Å². The van der Waals surface area contributed by atoms with E-state index in [0.29, 0.717) is 12.0 Å². The summed E-state index contributed by atoms with van der Waals surface area (Å²) in [6.45, 7) is 2.20. The first-order chi connectivity index (χ1) is 15.6. The van der Waals surface area contributed by atoms with Crippen molar-refractivity contribution in [3.63, 3.8) is 0 Å². The molecule has 7 nitrogen and oxygen atoms in total. The van der Waals surface area contributed by atoms with Crippen LogP contribution in [0.25, 0.3) is 0 Å². The summed E-state index contributed by atoms with van der Waals surface area (Å²) in [5, 5.41) is 0. The van der Waals surface area contributed by atoms with Crippen molar-refractivity contribution in [2.24, 2.45) is 0 Å². The zero-order chi connectivity index (χ0) is 24.3. The van der Waals surface area contributed by atoms with Gasteiger partial charge < -0.3 is 13.8 Å². The Bertz CT molecular complexity index is 1100. The summed E-state index contributed by atoms with van der Waals surface area (Å²) in [6.07, 6.45) is 12.0. The van der Waals surface area contributed by atoms with E-state index < -0.39 is 25.1 Å². The summed E-state index contributed by atoms with van der Waals surface area (Å²) in [6, 6.07) is 9.17. The monoisotopic (exact) mass is 542 g/mol. The van der Waals surface area contributed by atoms with Crippen molar-refractivity contribution in [1.82, 2.24) is 0 Å². The molecule has 2 rings (SSSR count). The van der Waals surface area contributed by atoms with E-state index in [-0.39, 0.29) is 75.5 Å². The third kappa shape index (κ3) is 13.4. The van der Waals surface area contributed by atoms with Crippen LogP contribution in [0.4, 0.5) is 0 Å². The van der Waals surface area contributed by atoms with Gasteiger partial charge in [-0.15, -0.1) is 0 Å². The topological polar surface area (TPSA) is 124 Å². The van der Waals surface area contributed by atoms with Gasteiger partial charge in [0.05, 0.1) is 9.79 Å². The van der Waals surface area contributed by atoms with Crippen LogP contribution in [0.3, 0.4) is 0 Å².